The monoisotopic (exact) mass is 729 g/mol. The summed E-state index contributed by atoms with van der Waals surface area (Å²) in [6.07, 6.45) is 42.4. The van der Waals surface area contributed by atoms with Gasteiger partial charge in [0.05, 0.1) is 6.61 Å². The molecule has 0 aromatic carbocycles. The maximum absolute atomic E-state index is 12.4. The number of ether oxygens (including phenoxy) is 2. The third kappa shape index (κ3) is 39.3. The number of unbranched alkanes of at least 4 members (excludes halogenated alkanes) is 27. The molecule has 0 aliphatic heterocycles. The number of phosphoric ester groups is 1. The van der Waals surface area contributed by atoms with Crippen molar-refractivity contribution < 1.29 is 37.9 Å². The Bertz CT molecular complexity index is 869. The van der Waals surface area contributed by atoms with E-state index in [4.69, 9.17) is 19.3 Å². The zero-order chi connectivity index (χ0) is 36.8. The van der Waals surface area contributed by atoms with Crippen molar-refractivity contribution in [3.8, 4) is 0 Å². The predicted molar refractivity (Wildman–Crippen MR) is 207 cm³/mol. The molecule has 0 saturated carbocycles. The SMILES string of the molecule is CCCCCCCCCCCCC/C=C/C=C/C(=O)OC[C@H](COP(=O)(O)O)OC(=O)CCCCCCCCCCCCCCCCCCC. The average Bonchev–Trinajstić information content (AvgIpc) is 3.08. The second-order valence-electron chi connectivity index (χ2n) is 14.0. The molecule has 0 fully saturated rings. The molecule has 0 rings (SSSR count). The summed E-state index contributed by atoms with van der Waals surface area (Å²) in [4.78, 5) is 42.6. The minimum Gasteiger partial charge on any atom is -0.458 e. The van der Waals surface area contributed by atoms with Crippen LogP contribution in [-0.2, 0) is 28.2 Å². The van der Waals surface area contributed by atoms with E-state index in [0.717, 1.165) is 32.1 Å². The normalized spacial score (nSPS) is 12.6. The largest absolute Gasteiger partial charge is 0.469 e. The summed E-state index contributed by atoms with van der Waals surface area (Å²) in [6, 6.07) is 0. The smallest absolute Gasteiger partial charge is 0.458 e. The van der Waals surface area contributed by atoms with Crippen LogP contribution in [0.5, 0.6) is 0 Å². The first-order chi connectivity index (χ1) is 24.3. The molecule has 2 N–H and O–H groups in total. The fraction of sp³-hybridized carbons (Fsp3) is 0.854. The quantitative estimate of drug-likeness (QED) is 0.0212. The van der Waals surface area contributed by atoms with Crippen molar-refractivity contribution in [3.63, 3.8) is 0 Å². The van der Waals surface area contributed by atoms with E-state index in [1.807, 2.05) is 12.2 Å². The highest BCUT2D eigenvalue weighted by Crippen LogP contribution is 2.36. The zero-order valence-corrected chi connectivity index (χ0v) is 33.2. The number of esters is 2. The second-order valence-corrected chi connectivity index (χ2v) is 15.3. The maximum atomic E-state index is 12.4. The Labute approximate surface area is 307 Å². The number of hydrogen-bond acceptors (Lipinski definition) is 6. The second kappa shape index (κ2) is 37.3. The van der Waals surface area contributed by atoms with Gasteiger partial charge in [0, 0.05) is 12.5 Å². The Morgan fingerprint density at radius 1 is 0.560 bits per heavy atom. The van der Waals surface area contributed by atoms with E-state index >= 15 is 0 Å². The van der Waals surface area contributed by atoms with Crippen LogP contribution in [0, 0.1) is 0 Å². The summed E-state index contributed by atoms with van der Waals surface area (Å²) in [5, 5.41) is 0. The molecule has 0 bridgehead atoms. The lowest BCUT2D eigenvalue weighted by Gasteiger charge is -2.18. The average molecular weight is 729 g/mol. The molecule has 0 unspecified atom stereocenters. The van der Waals surface area contributed by atoms with Crippen molar-refractivity contribution in [1.29, 1.82) is 0 Å². The first-order valence-electron chi connectivity index (χ1n) is 20.7. The van der Waals surface area contributed by atoms with Gasteiger partial charge in [-0.25, -0.2) is 9.36 Å². The Morgan fingerprint density at radius 3 is 1.38 bits per heavy atom. The molecule has 294 valence electrons. The standard InChI is InChI=1S/C41H77O8P/c1-3-5-7-9-11-13-15-17-19-20-22-24-26-28-30-32-34-36-41(43)49-39(38-48-50(44,45)46)37-47-40(42)35-33-31-29-27-25-23-21-18-16-14-12-10-8-6-4-2/h29,31,33,35,39H,3-28,30,32,34,36-38H2,1-2H3,(H2,44,45,46)/b31-29+,35-33+/t39-/m1/s1. The van der Waals surface area contributed by atoms with Gasteiger partial charge in [-0.05, 0) is 19.3 Å². The van der Waals surface area contributed by atoms with Crippen LogP contribution in [-0.4, -0.2) is 41.0 Å². The molecule has 0 saturated heterocycles. The van der Waals surface area contributed by atoms with E-state index < -0.39 is 32.5 Å². The number of rotatable bonds is 38. The van der Waals surface area contributed by atoms with Crippen molar-refractivity contribution in [3.05, 3.63) is 24.3 Å². The molecule has 0 heterocycles. The molecule has 0 aromatic rings. The highest BCUT2D eigenvalue weighted by atomic mass is 31.2. The lowest BCUT2D eigenvalue weighted by atomic mass is 10.0. The van der Waals surface area contributed by atoms with Crippen LogP contribution in [0.15, 0.2) is 24.3 Å². The minimum absolute atomic E-state index is 0.197. The van der Waals surface area contributed by atoms with Crippen molar-refractivity contribution in [1.82, 2.24) is 0 Å². The summed E-state index contributed by atoms with van der Waals surface area (Å²) >= 11 is 0. The third-order valence-electron chi connectivity index (χ3n) is 9.08. The van der Waals surface area contributed by atoms with Gasteiger partial charge in [-0.15, -0.1) is 0 Å². The molecule has 0 aliphatic rings. The fourth-order valence-corrected chi connectivity index (χ4v) is 6.35. The molecule has 0 aromatic heterocycles. The van der Waals surface area contributed by atoms with Gasteiger partial charge in [0.2, 0.25) is 0 Å². The van der Waals surface area contributed by atoms with Crippen molar-refractivity contribution in [2.75, 3.05) is 13.2 Å². The van der Waals surface area contributed by atoms with Crippen molar-refractivity contribution >= 4 is 19.8 Å². The van der Waals surface area contributed by atoms with E-state index in [9.17, 15) is 14.2 Å². The van der Waals surface area contributed by atoms with Crippen LogP contribution in [0.3, 0.4) is 0 Å². The van der Waals surface area contributed by atoms with Crippen LogP contribution in [0.25, 0.3) is 0 Å². The lowest BCUT2D eigenvalue weighted by Crippen LogP contribution is -2.29. The van der Waals surface area contributed by atoms with Crippen LogP contribution >= 0.6 is 7.82 Å². The Morgan fingerprint density at radius 2 is 0.960 bits per heavy atom. The third-order valence-corrected chi connectivity index (χ3v) is 9.56. The van der Waals surface area contributed by atoms with Gasteiger partial charge in [0.1, 0.15) is 6.61 Å². The maximum Gasteiger partial charge on any atom is 0.469 e. The highest BCUT2D eigenvalue weighted by molar-refractivity contribution is 7.46. The van der Waals surface area contributed by atoms with Gasteiger partial charge >= 0.3 is 19.8 Å². The number of hydrogen-bond donors (Lipinski definition) is 2. The van der Waals surface area contributed by atoms with Gasteiger partial charge in [-0.2, -0.15) is 0 Å². The number of carbonyl (C=O) groups excluding carboxylic acids is 2. The molecule has 0 aliphatic carbocycles. The van der Waals surface area contributed by atoms with Crippen LogP contribution in [0.4, 0.5) is 0 Å². The van der Waals surface area contributed by atoms with Crippen LogP contribution < -0.4 is 0 Å². The Balaban J connectivity index is 3.98. The first kappa shape index (κ1) is 48.5. The molecule has 1 atom stereocenters. The van der Waals surface area contributed by atoms with Gasteiger partial charge in [0.25, 0.3) is 0 Å². The molecular weight excluding hydrogens is 651 g/mol. The van der Waals surface area contributed by atoms with Crippen LogP contribution in [0.2, 0.25) is 0 Å². The van der Waals surface area contributed by atoms with E-state index in [1.54, 1.807) is 6.08 Å². The Hall–Kier alpha value is -1.47. The lowest BCUT2D eigenvalue weighted by molar-refractivity contribution is -0.159. The van der Waals surface area contributed by atoms with E-state index in [0.29, 0.717) is 6.42 Å². The summed E-state index contributed by atoms with van der Waals surface area (Å²) in [5.41, 5.74) is 0. The van der Waals surface area contributed by atoms with Crippen molar-refractivity contribution in [2.45, 2.75) is 213 Å². The van der Waals surface area contributed by atoms with Gasteiger partial charge in [-0.3, -0.25) is 9.32 Å². The Kier molecular flexibility index (Phi) is 36.2. The van der Waals surface area contributed by atoms with Gasteiger partial charge in [-0.1, -0.05) is 199 Å². The van der Waals surface area contributed by atoms with E-state index in [1.165, 1.54) is 154 Å². The molecule has 0 amide bonds. The number of carbonyl (C=O) groups is 2. The zero-order valence-electron chi connectivity index (χ0n) is 32.3. The van der Waals surface area contributed by atoms with E-state index in [2.05, 4.69) is 18.4 Å². The molecule has 50 heavy (non-hydrogen) atoms. The first-order valence-corrected chi connectivity index (χ1v) is 22.2. The van der Waals surface area contributed by atoms with Gasteiger partial charge in [0.15, 0.2) is 6.10 Å². The van der Waals surface area contributed by atoms with E-state index in [-0.39, 0.29) is 13.0 Å². The van der Waals surface area contributed by atoms with Crippen LogP contribution in [0.1, 0.15) is 206 Å². The summed E-state index contributed by atoms with van der Waals surface area (Å²) in [6.45, 7) is 3.60. The van der Waals surface area contributed by atoms with Crippen molar-refractivity contribution in [2.24, 2.45) is 0 Å². The molecule has 0 radical (unpaired) electrons. The predicted octanol–water partition coefficient (Wildman–Crippen LogP) is 12.4. The molecular formula is C41H77O8P. The minimum atomic E-state index is -4.77. The van der Waals surface area contributed by atoms with Gasteiger partial charge < -0.3 is 19.3 Å². The summed E-state index contributed by atoms with van der Waals surface area (Å²) in [5.74, 6) is -1.13. The summed E-state index contributed by atoms with van der Waals surface area (Å²) in [7, 11) is -4.77. The fourth-order valence-electron chi connectivity index (χ4n) is 5.99. The highest BCUT2D eigenvalue weighted by Gasteiger charge is 2.22. The summed E-state index contributed by atoms with van der Waals surface area (Å²) < 4.78 is 26.2. The molecule has 8 nitrogen and oxygen atoms in total. The number of phosphoric acid groups is 1. The number of allylic oxidation sites excluding steroid dienone is 3. The molecule has 9 heteroatoms. The topological polar surface area (TPSA) is 119 Å². The molecule has 0 spiro atoms.